The first kappa shape index (κ1) is 26.0. The Morgan fingerprint density at radius 2 is 1.25 bits per heavy atom. The summed E-state index contributed by atoms with van der Waals surface area (Å²) in [6.07, 6.45) is 0. The number of rotatable bonds is 0. The van der Waals surface area contributed by atoms with Crippen LogP contribution in [-0.4, -0.2) is 0 Å². The van der Waals surface area contributed by atoms with E-state index in [2.05, 4.69) is 0 Å². The van der Waals surface area contributed by atoms with Crippen molar-refractivity contribution in [1.82, 2.24) is 0 Å². The van der Waals surface area contributed by atoms with Gasteiger partial charge >= 0.3 is 51.4 Å². The Hall–Kier alpha value is 3.47. The van der Waals surface area contributed by atoms with Gasteiger partial charge < -0.3 is 1.43 Å². The van der Waals surface area contributed by atoms with Crippen LogP contribution in [0.3, 0.4) is 0 Å². The molecule has 0 N–H and O–H groups in total. The Labute approximate surface area is 109 Å². The summed E-state index contributed by atoms with van der Waals surface area (Å²) >= 11 is 0. The third kappa shape index (κ3) is 9.08. The minimum absolute atomic E-state index is 0. The first-order valence-corrected chi connectivity index (χ1v) is 0. The van der Waals surface area contributed by atoms with Crippen molar-refractivity contribution < 1.29 is 99.6 Å². The minimum Gasteiger partial charge on any atom is -1.00 e. The Balaban J connectivity index is 0. The molecule has 0 nitrogen and oxygen atoms in total. The van der Waals surface area contributed by atoms with Gasteiger partial charge in [0, 0.05) is 46.8 Å². The average molecular weight is 254 g/mol. The van der Waals surface area contributed by atoms with Crippen LogP contribution in [-0.2, 0) is 46.8 Å². The molecule has 0 spiro atoms. The molecule has 0 amide bonds. The zero-order chi connectivity index (χ0) is 0. The second kappa shape index (κ2) is 16.1. The molecule has 0 saturated carbocycles. The molecule has 0 aliphatic heterocycles. The molecule has 0 fully saturated rings. The van der Waals surface area contributed by atoms with E-state index >= 15 is 0 Å². The molecule has 0 bridgehead atoms. The van der Waals surface area contributed by atoms with Gasteiger partial charge in [0.1, 0.15) is 0 Å². The fourth-order valence-electron chi connectivity index (χ4n) is 0. The van der Waals surface area contributed by atoms with Crippen LogP contribution in [0.25, 0.3) is 0 Å². The van der Waals surface area contributed by atoms with Crippen LogP contribution < -0.4 is 51.4 Å². The van der Waals surface area contributed by atoms with E-state index in [1.165, 1.54) is 0 Å². The van der Waals surface area contributed by atoms with Crippen LogP contribution >= 0.6 is 12.4 Å². The maximum Gasteiger partial charge on any atom is 1.00 e. The first-order chi connectivity index (χ1) is 0. The molecule has 4 heavy (non-hydrogen) atoms. The van der Waals surface area contributed by atoms with E-state index in [-0.39, 0.29) is 112 Å². The van der Waals surface area contributed by atoms with Gasteiger partial charge in [0.05, 0.1) is 0 Å². The molecule has 0 rings (SSSR count). The maximum atomic E-state index is 0. The van der Waals surface area contributed by atoms with Crippen molar-refractivity contribution in [3.8, 4) is 0 Å². The van der Waals surface area contributed by atoms with Crippen molar-refractivity contribution in [2.75, 3.05) is 0 Å². The van der Waals surface area contributed by atoms with E-state index < -0.39 is 0 Å². The molecule has 0 radical (unpaired) electrons. The molecule has 0 atom stereocenters. The van der Waals surface area contributed by atoms with Gasteiger partial charge in [0.15, 0.2) is 0 Å². The number of hydrogen-bond acceptors (Lipinski definition) is 0. The van der Waals surface area contributed by atoms with Crippen LogP contribution in [0.2, 0.25) is 0 Å². The van der Waals surface area contributed by atoms with E-state index in [0.717, 1.165) is 0 Å². The first-order valence-electron chi connectivity index (χ1n) is 0. The molecule has 0 heterocycles. The molecule has 4 heteroatoms. The van der Waals surface area contributed by atoms with E-state index in [9.17, 15) is 0 Å². The summed E-state index contributed by atoms with van der Waals surface area (Å²) in [4.78, 5) is 0. The molecule has 14 valence electrons. The van der Waals surface area contributed by atoms with Gasteiger partial charge in [-0.2, -0.15) is 0 Å². The van der Waals surface area contributed by atoms with E-state index in [4.69, 9.17) is 0 Å². The van der Waals surface area contributed by atoms with Gasteiger partial charge in [-0.3, -0.25) is 0 Å². The van der Waals surface area contributed by atoms with Crippen molar-refractivity contribution in [3.63, 3.8) is 0 Å². The van der Waals surface area contributed by atoms with E-state index in [1.54, 1.807) is 0 Å². The summed E-state index contributed by atoms with van der Waals surface area (Å²) in [7, 11) is 0. The summed E-state index contributed by atoms with van der Waals surface area (Å²) in [5.41, 5.74) is 0. The van der Waals surface area contributed by atoms with Gasteiger partial charge in [-0.25, -0.2) is 0 Å². The van der Waals surface area contributed by atoms with Gasteiger partial charge in [-0.1, -0.05) is 0 Å². The Kier molecular flexibility index (Phi) is 104. The molecule has 0 saturated heterocycles. The maximum absolute atomic E-state index is 0. The molecular formula is H2CdClKZn. The van der Waals surface area contributed by atoms with Crippen molar-refractivity contribution in [2.45, 2.75) is 0 Å². The summed E-state index contributed by atoms with van der Waals surface area (Å²) in [6, 6.07) is 0. The Morgan fingerprint density at radius 1 is 1.25 bits per heavy atom. The molecule has 0 aliphatic carbocycles. The van der Waals surface area contributed by atoms with Gasteiger partial charge in [-0.05, 0) is 0 Å². The Bertz CT molecular complexity index is 11.6. The topological polar surface area (TPSA) is 0 Å². The molecular weight excluding hydrogens is 252 g/mol. The summed E-state index contributed by atoms with van der Waals surface area (Å²) in [5.74, 6) is 0. The SMILES string of the molecule is Cl.[Cd].[H-].[K+].[Zn]. The van der Waals surface area contributed by atoms with E-state index in [1.807, 2.05) is 0 Å². The van der Waals surface area contributed by atoms with Crippen LogP contribution in [0.15, 0.2) is 0 Å². The van der Waals surface area contributed by atoms with Crippen molar-refractivity contribution in [2.24, 2.45) is 0 Å². The van der Waals surface area contributed by atoms with Gasteiger partial charge in [0.2, 0.25) is 0 Å². The van der Waals surface area contributed by atoms with Crippen LogP contribution in [0.1, 0.15) is 1.43 Å². The fourth-order valence-corrected chi connectivity index (χ4v) is 0. The van der Waals surface area contributed by atoms with Crippen LogP contribution in [0, 0.1) is 0 Å². The third-order valence-electron chi connectivity index (χ3n) is 0. The second-order valence-corrected chi connectivity index (χ2v) is 0. The molecule has 0 unspecified atom stereocenters. The standard InChI is InChI=1S/Cd.ClH.K.Zn.H/h;1H;;;/q;;+1;;-1. The number of hydrogen-bond donors (Lipinski definition) is 0. The van der Waals surface area contributed by atoms with Crippen LogP contribution in [0.5, 0.6) is 0 Å². The molecule has 0 aromatic rings. The van der Waals surface area contributed by atoms with Gasteiger partial charge in [0.25, 0.3) is 0 Å². The largest absolute Gasteiger partial charge is 1.00 e. The zero-order valence-electron chi connectivity index (χ0n) is 3.82. The smallest absolute Gasteiger partial charge is 1.00 e. The fraction of sp³-hybridized carbons (Fsp3) is 0. The zero-order valence-corrected chi connectivity index (χ0v) is 13.8. The monoisotopic (exact) mass is 254 g/mol. The predicted octanol–water partition coefficient (Wildman–Crippen LogP) is -2.47. The second-order valence-electron chi connectivity index (χ2n) is 0. The van der Waals surface area contributed by atoms with Crippen LogP contribution in [0.4, 0.5) is 0 Å². The molecule has 0 aromatic carbocycles. The average Bonchev–Trinajstić information content (AvgIpc) is 0. The Morgan fingerprint density at radius 3 is 1.25 bits per heavy atom. The predicted molar refractivity (Wildman–Crippen MR) is 8.36 cm³/mol. The minimum atomic E-state index is 0. The van der Waals surface area contributed by atoms with Crippen molar-refractivity contribution in [1.29, 1.82) is 0 Å². The molecule has 0 aromatic heterocycles. The molecule has 0 aliphatic rings. The van der Waals surface area contributed by atoms with Gasteiger partial charge in [-0.15, -0.1) is 12.4 Å². The van der Waals surface area contributed by atoms with Crippen molar-refractivity contribution in [3.05, 3.63) is 0 Å². The van der Waals surface area contributed by atoms with Crippen molar-refractivity contribution >= 4 is 12.4 Å². The summed E-state index contributed by atoms with van der Waals surface area (Å²) in [6.45, 7) is 0. The quantitative estimate of drug-likeness (QED) is 0.421. The number of halogens is 1. The summed E-state index contributed by atoms with van der Waals surface area (Å²) in [5, 5.41) is 0. The normalized spacial score (nSPS) is 0. The third-order valence-corrected chi connectivity index (χ3v) is 0. The summed E-state index contributed by atoms with van der Waals surface area (Å²) < 4.78 is 0. The van der Waals surface area contributed by atoms with E-state index in [0.29, 0.717) is 0 Å².